The van der Waals surface area contributed by atoms with Crippen molar-refractivity contribution < 1.29 is 19.1 Å². The zero-order valence-electron chi connectivity index (χ0n) is 39.9. The third-order valence-electron chi connectivity index (χ3n) is 17.9. The van der Waals surface area contributed by atoms with Gasteiger partial charge in [0.15, 0.2) is 0 Å². The van der Waals surface area contributed by atoms with Crippen LogP contribution in [-0.2, 0) is 19.1 Å². The average Bonchev–Trinajstić information content (AvgIpc) is 3.90. The lowest BCUT2D eigenvalue weighted by atomic mass is 9.88. The van der Waals surface area contributed by atoms with Crippen molar-refractivity contribution in [2.75, 3.05) is 47.4 Å². The predicted octanol–water partition coefficient (Wildman–Crippen LogP) is 8.61. The lowest BCUT2D eigenvalue weighted by Crippen LogP contribution is -2.51. The molecule has 0 bridgehead atoms. The van der Waals surface area contributed by atoms with E-state index in [0.29, 0.717) is 35.8 Å². The van der Waals surface area contributed by atoms with Crippen molar-refractivity contribution in [3.8, 4) is 0 Å². The molecule has 4 aliphatic heterocycles. The van der Waals surface area contributed by atoms with Gasteiger partial charge in [-0.3, -0.25) is 14.4 Å². The lowest BCUT2D eigenvalue weighted by molar-refractivity contribution is -0.138. The van der Waals surface area contributed by atoms with Gasteiger partial charge in [-0.25, -0.2) is 0 Å². The van der Waals surface area contributed by atoms with E-state index < -0.39 is 0 Å². The Morgan fingerprint density at radius 2 is 0.742 bits per heavy atom. The smallest absolute Gasteiger partial charge is 0.240 e. The monoisotopic (exact) mass is 865 g/mol. The van der Waals surface area contributed by atoms with Crippen LogP contribution < -0.4 is 16.0 Å². The molecule has 9 aliphatic rings. The van der Waals surface area contributed by atoms with Gasteiger partial charge in [-0.05, 0) is 166 Å². The number of rotatable bonds is 9. The van der Waals surface area contributed by atoms with Gasteiger partial charge < -0.3 is 35.4 Å². The summed E-state index contributed by atoms with van der Waals surface area (Å²) in [4.78, 5) is 45.5. The first-order chi connectivity index (χ1) is 30.4. The standard InChI is InChI=1S/C18H32N2O.C17H30N2O2.C17H30N2O/c1-19-16-12-11-15-9-6-10-17(15)20(18(16)21)13-14-7-4-2-3-5-8-14;1-18-15-10-9-13-6-5-8-16(13)19(17(15)20)12-14-7-3-2-4-11-21-14;1-18-15-11-10-14-8-5-9-16(14)19(17(15)20)12-13-6-3-2-4-7-13/h14-17,19H,2-13H2,1H3;13-16,18H,2-12H2,1H3;13-16,18H,2-12H2,1H3. The van der Waals surface area contributed by atoms with E-state index >= 15 is 0 Å². The Labute approximate surface area is 378 Å². The highest BCUT2D eigenvalue weighted by molar-refractivity contribution is 5.83. The topological polar surface area (TPSA) is 106 Å². The summed E-state index contributed by atoms with van der Waals surface area (Å²) in [5, 5.41) is 9.76. The van der Waals surface area contributed by atoms with E-state index in [1.807, 2.05) is 21.1 Å². The van der Waals surface area contributed by atoms with Crippen molar-refractivity contribution in [2.45, 2.75) is 235 Å². The minimum Gasteiger partial charge on any atom is -0.376 e. The van der Waals surface area contributed by atoms with E-state index in [-0.39, 0.29) is 24.2 Å². The molecule has 10 nitrogen and oxygen atoms in total. The Bertz CT molecular complexity index is 1290. The Morgan fingerprint density at radius 3 is 1.15 bits per heavy atom. The van der Waals surface area contributed by atoms with Gasteiger partial charge in [0.2, 0.25) is 17.7 Å². The van der Waals surface area contributed by atoms with Crippen LogP contribution in [0.15, 0.2) is 0 Å². The van der Waals surface area contributed by atoms with Gasteiger partial charge in [-0.1, -0.05) is 77.0 Å². The molecule has 0 aromatic rings. The summed E-state index contributed by atoms with van der Waals surface area (Å²) in [6, 6.07) is 1.75. The Hall–Kier alpha value is -1.75. The van der Waals surface area contributed by atoms with Crippen LogP contribution in [0.2, 0.25) is 0 Å². The van der Waals surface area contributed by atoms with Crippen LogP contribution in [0, 0.1) is 29.6 Å². The van der Waals surface area contributed by atoms with Gasteiger partial charge in [0.05, 0.1) is 24.2 Å². The van der Waals surface area contributed by atoms with E-state index in [0.717, 1.165) is 81.5 Å². The van der Waals surface area contributed by atoms with Gasteiger partial charge in [0.25, 0.3) is 0 Å². The molecular formula is C52H92N6O4. The number of hydrogen-bond acceptors (Lipinski definition) is 7. The summed E-state index contributed by atoms with van der Waals surface area (Å²) in [5.74, 6) is 4.92. The first-order valence-electron chi connectivity index (χ1n) is 26.9. The predicted molar refractivity (Wildman–Crippen MR) is 251 cm³/mol. The van der Waals surface area contributed by atoms with Crippen molar-refractivity contribution in [2.24, 2.45) is 29.6 Å². The third-order valence-corrected chi connectivity index (χ3v) is 17.9. The molecule has 4 heterocycles. The number of nitrogens with one attached hydrogen (secondary N) is 3. The van der Waals surface area contributed by atoms with Crippen molar-refractivity contribution in [1.82, 2.24) is 30.7 Å². The van der Waals surface area contributed by atoms with Crippen LogP contribution in [-0.4, -0.2) is 122 Å². The second kappa shape index (κ2) is 24.7. The van der Waals surface area contributed by atoms with Crippen LogP contribution in [0.25, 0.3) is 0 Å². The quantitative estimate of drug-likeness (QED) is 0.200. The van der Waals surface area contributed by atoms with E-state index in [1.165, 1.54) is 167 Å². The summed E-state index contributed by atoms with van der Waals surface area (Å²) >= 11 is 0. The molecule has 5 saturated carbocycles. The van der Waals surface area contributed by atoms with Crippen LogP contribution in [0.5, 0.6) is 0 Å². The summed E-state index contributed by atoms with van der Waals surface area (Å²) in [6.45, 7) is 3.77. The second-order valence-corrected chi connectivity index (χ2v) is 21.7. The number of fused-ring (bicyclic) bond motifs is 3. The molecule has 10 atom stereocenters. The Morgan fingerprint density at radius 1 is 0.387 bits per heavy atom. The molecule has 5 aliphatic carbocycles. The number of likely N-dealkylation sites (N-methyl/N-ethyl adjacent to an activating group) is 3. The van der Waals surface area contributed by atoms with E-state index in [2.05, 4.69) is 30.7 Å². The molecule has 10 unspecified atom stereocenters. The zero-order valence-corrected chi connectivity index (χ0v) is 39.9. The Kier molecular flexibility index (Phi) is 19.2. The molecular weight excluding hydrogens is 773 g/mol. The fourth-order valence-corrected chi connectivity index (χ4v) is 14.2. The van der Waals surface area contributed by atoms with E-state index in [9.17, 15) is 14.4 Å². The van der Waals surface area contributed by atoms with Crippen LogP contribution >= 0.6 is 0 Å². The van der Waals surface area contributed by atoms with Gasteiger partial charge in [-0.2, -0.15) is 0 Å². The van der Waals surface area contributed by atoms with Crippen molar-refractivity contribution in [1.29, 1.82) is 0 Å². The molecule has 9 fully saturated rings. The number of likely N-dealkylation sites (tertiary alicyclic amines) is 3. The summed E-state index contributed by atoms with van der Waals surface area (Å²) in [6.07, 6.45) is 38.5. The molecule has 10 heteroatoms. The Balaban J connectivity index is 0.000000140. The normalized spacial score (nSPS) is 36.4. The van der Waals surface area contributed by atoms with Gasteiger partial charge in [0.1, 0.15) is 0 Å². The van der Waals surface area contributed by atoms with Crippen LogP contribution in [0.4, 0.5) is 0 Å². The van der Waals surface area contributed by atoms with E-state index in [1.54, 1.807) is 0 Å². The maximum atomic E-state index is 12.9. The summed E-state index contributed by atoms with van der Waals surface area (Å²) in [7, 11) is 5.82. The van der Waals surface area contributed by atoms with Crippen LogP contribution in [0.3, 0.4) is 0 Å². The van der Waals surface area contributed by atoms with Gasteiger partial charge >= 0.3 is 0 Å². The average molecular weight is 865 g/mol. The minimum absolute atomic E-state index is 0.0152. The van der Waals surface area contributed by atoms with Crippen molar-refractivity contribution >= 4 is 17.7 Å². The molecule has 0 radical (unpaired) electrons. The molecule has 62 heavy (non-hydrogen) atoms. The minimum atomic E-state index is 0.0152. The number of amides is 3. The zero-order chi connectivity index (χ0) is 43.3. The van der Waals surface area contributed by atoms with Crippen molar-refractivity contribution in [3.05, 3.63) is 0 Å². The molecule has 354 valence electrons. The molecule has 4 saturated heterocycles. The maximum Gasteiger partial charge on any atom is 0.240 e. The molecule has 0 aromatic carbocycles. The number of carbonyl (C=O) groups is 3. The van der Waals surface area contributed by atoms with Crippen LogP contribution in [0.1, 0.15) is 193 Å². The van der Waals surface area contributed by atoms with E-state index in [4.69, 9.17) is 4.74 Å². The highest BCUT2D eigenvalue weighted by atomic mass is 16.5. The maximum absolute atomic E-state index is 12.9. The second-order valence-electron chi connectivity index (χ2n) is 21.7. The molecule has 0 aromatic heterocycles. The fraction of sp³-hybridized carbons (Fsp3) is 0.942. The molecule has 9 rings (SSSR count). The number of hydrogen-bond donors (Lipinski definition) is 3. The number of nitrogens with zero attached hydrogens (tertiary/aromatic N) is 3. The summed E-state index contributed by atoms with van der Waals surface area (Å²) in [5.41, 5.74) is 0. The molecule has 0 spiro atoms. The fourth-order valence-electron chi connectivity index (χ4n) is 14.2. The lowest BCUT2D eigenvalue weighted by Gasteiger charge is -2.36. The third kappa shape index (κ3) is 12.6. The number of carbonyl (C=O) groups excluding carboxylic acids is 3. The molecule has 3 N–H and O–H groups in total. The highest BCUT2D eigenvalue weighted by Gasteiger charge is 2.43. The number of ether oxygens (including phenoxy) is 1. The SMILES string of the molecule is CNC1CCC2CCCC2N(CC2CCCCC2)C1=O.CNC1CCC2CCCC2N(CC2CCCCCC2)C1=O.CNC1CCC2CCCC2N(CC2CCCCCO2)C1=O. The van der Waals surface area contributed by atoms with Gasteiger partial charge in [0, 0.05) is 44.4 Å². The first kappa shape index (κ1) is 48.2. The van der Waals surface area contributed by atoms with Gasteiger partial charge in [-0.15, -0.1) is 0 Å². The summed E-state index contributed by atoms with van der Waals surface area (Å²) < 4.78 is 6.00. The van der Waals surface area contributed by atoms with Crippen molar-refractivity contribution in [3.63, 3.8) is 0 Å². The molecule has 3 amide bonds. The first-order valence-corrected chi connectivity index (χ1v) is 26.9. The highest BCUT2D eigenvalue weighted by Crippen LogP contribution is 2.40. The largest absolute Gasteiger partial charge is 0.376 e.